The Morgan fingerprint density at radius 3 is 2.53 bits per heavy atom. The Labute approximate surface area is 93.1 Å². The largest absolute Gasteiger partial charge is 0.504 e. The summed E-state index contributed by atoms with van der Waals surface area (Å²) in [6.45, 7) is 1.21. The average molecular weight is 279 g/mol. The highest BCUT2D eigenvalue weighted by Crippen LogP contribution is 2.39. The molecule has 0 heterocycles. The van der Waals surface area contributed by atoms with Crippen LogP contribution in [0.5, 0.6) is 11.5 Å². The van der Waals surface area contributed by atoms with E-state index in [-0.39, 0.29) is 4.47 Å². The molecule has 0 spiro atoms. The summed E-state index contributed by atoms with van der Waals surface area (Å²) >= 11 is 2.81. The van der Waals surface area contributed by atoms with Gasteiger partial charge in [0, 0.05) is 11.6 Å². The third kappa shape index (κ3) is 2.04. The van der Waals surface area contributed by atoms with Crippen LogP contribution < -0.4 is 0 Å². The summed E-state index contributed by atoms with van der Waals surface area (Å²) in [5.74, 6) is -4.73. The number of rotatable bonds is 2. The lowest BCUT2D eigenvalue weighted by Gasteiger charge is -2.12. The summed E-state index contributed by atoms with van der Waals surface area (Å²) in [5.41, 5.74) is -0.436. The van der Waals surface area contributed by atoms with Crippen molar-refractivity contribution in [2.45, 2.75) is 12.8 Å². The molecule has 0 saturated heterocycles. The van der Waals surface area contributed by atoms with E-state index in [1.807, 2.05) is 0 Å². The van der Waals surface area contributed by atoms with Crippen molar-refractivity contribution in [3.63, 3.8) is 0 Å². The van der Waals surface area contributed by atoms with Crippen molar-refractivity contribution in [1.82, 2.24) is 0 Å². The Hall–Kier alpha value is -1.30. The van der Waals surface area contributed by atoms with Gasteiger partial charge in [0.25, 0.3) is 0 Å². The van der Waals surface area contributed by atoms with Gasteiger partial charge in [-0.15, -0.1) is 0 Å². The normalized spacial score (nSPS) is 12.5. The van der Waals surface area contributed by atoms with Crippen LogP contribution in [0.4, 0.5) is 4.39 Å². The lowest BCUT2D eigenvalue weighted by atomic mass is 9.99. The van der Waals surface area contributed by atoms with Crippen molar-refractivity contribution in [3.8, 4) is 11.5 Å². The van der Waals surface area contributed by atoms with Crippen LogP contribution in [0.3, 0.4) is 0 Å². The molecule has 0 aliphatic rings. The maximum absolute atomic E-state index is 13.5. The van der Waals surface area contributed by atoms with Gasteiger partial charge in [0.15, 0.2) is 11.5 Å². The summed E-state index contributed by atoms with van der Waals surface area (Å²) in [4.78, 5) is 10.7. The summed E-state index contributed by atoms with van der Waals surface area (Å²) in [7, 11) is 0. The topological polar surface area (TPSA) is 77.8 Å². The third-order valence-electron chi connectivity index (χ3n) is 2.01. The smallest absolute Gasteiger partial charge is 0.310 e. The second-order valence-corrected chi connectivity index (χ2v) is 3.87. The quantitative estimate of drug-likeness (QED) is 0.725. The summed E-state index contributed by atoms with van der Waals surface area (Å²) in [6, 6.07) is 0.961. The van der Waals surface area contributed by atoms with Gasteiger partial charge in [0.05, 0.1) is 10.4 Å². The maximum atomic E-state index is 13.5. The zero-order valence-electron chi connectivity index (χ0n) is 7.66. The zero-order chi connectivity index (χ0) is 11.7. The number of hydrogen-bond acceptors (Lipinski definition) is 3. The van der Waals surface area contributed by atoms with Crippen LogP contribution in [0, 0.1) is 5.82 Å². The number of phenolic OH excluding ortho intramolecular Hbond substituents is 2. The fourth-order valence-corrected chi connectivity index (χ4v) is 1.57. The Kier molecular flexibility index (Phi) is 3.18. The fraction of sp³-hybridized carbons (Fsp3) is 0.222. The first-order valence-corrected chi connectivity index (χ1v) is 4.78. The highest BCUT2D eigenvalue weighted by atomic mass is 79.9. The molecule has 82 valence electrons. The van der Waals surface area contributed by atoms with Crippen LogP contribution in [0.25, 0.3) is 0 Å². The molecule has 0 aliphatic carbocycles. The average Bonchev–Trinajstić information content (AvgIpc) is 2.15. The van der Waals surface area contributed by atoms with Crippen LogP contribution in [-0.2, 0) is 4.79 Å². The minimum atomic E-state index is -1.29. The Balaban J connectivity index is 3.45. The number of aliphatic carboxylic acids is 1. The van der Waals surface area contributed by atoms with Crippen molar-refractivity contribution in [1.29, 1.82) is 0 Å². The van der Waals surface area contributed by atoms with E-state index in [0.29, 0.717) is 0 Å². The number of halogens is 2. The molecular weight excluding hydrogens is 271 g/mol. The third-order valence-corrected chi connectivity index (χ3v) is 2.59. The Bertz CT molecular complexity index is 393. The predicted octanol–water partition coefficient (Wildman–Crippen LogP) is 2.19. The monoisotopic (exact) mass is 278 g/mol. The van der Waals surface area contributed by atoms with E-state index < -0.39 is 34.8 Å². The lowest BCUT2D eigenvalue weighted by Crippen LogP contribution is -2.10. The number of phenols is 2. The van der Waals surface area contributed by atoms with E-state index in [1.165, 1.54) is 6.92 Å². The minimum absolute atomic E-state index is 0.0964. The zero-order valence-corrected chi connectivity index (χ0v) is 9.25. The molecule has 1 rings (SSSR count). The van der Waals surface area contributed by atoms with Gasteiger partial charge in [0.1, 0.15) is 5.82 Å². The highest BCUT2D eigenvalue weighted by molar-refractivity contribution is 9.10. The molecular formula is C9H8BrFO4. The van der Waals surface area contributed by atoms with Crippen LogP contribution in [-0.4, -0.2) is 21.3 Å². The van der Waals surface area contributed by atoms with Gasteiger partial charge in [-0.05, 0) is 22.9 Å². The minimum Gasteiger partial charge on any atom is -0.504 e. The Morgan fingerprint density at radius 2 is 2.07 bits per heavy atom. The molecule has 6 heteroatoms. The molecule has 0 aromatic heterocycles. The van der Waals surface area contributed by atoms with Gasteiger partial charge in [-0.1, -0.05) is 0 Å². The molecule has 1 unspecified atom stereocenters. The molecule has 3 N–H and O–H groups in total. The standard InChI is InChI=1S/C9H8BrFO4/c1-3(9(14)15)6-7(11)4(10)2-5(12)8(6)13/h2-3,12-13H,1H3,(H,14,15). The molecule has 0 amide bonds. The lowest BCUT2D eigenvalue weighted by molar-refractivity contribution is -0.138. The van der Waals surface area contributed by atoms with E-state index in [9.17, 15) is 19.4 Å². The number of benzene rings is 1. The van der Waals surface area contributed by atoms with Gasteiger partial charge in [-0.3, -0.25) is 4.79 Å². The highest BCUT2D eigenvalue weighted by Gasteiger charge is 2.25. The number of carbonyl (C=O) groups is 1. The molecule has 0 bridgehead atoms. The molecule has 15 heavy (non-hydrogen) atoms. The molecule has 0 fully saturated rings. The Morgan fingerprint density at radius 1 is 1.53 bits per heavy atom. The number of carboxylic acids is 1. The predicted molar refractivity (Wildman–Crippen MR) is 53.5 cm³/mol. The molecule has 1 aromatic rings. The molecule has 0 saturated carbocycles. The van der Waals surface area contributed by atoms with Crippen molar-refractivity contribution in [3.05, 3.63) is 21.9 Å². The van der Waals surface area contributed by atoms with Crippen molar-refractivity contribution in [2.24, 2.45) is 0 Å². The molecule has 1 atom stereocenters. The van der Waals surface area contributed by atoms with Gasteiger partial charge >= 0.3 is 5.97 Å². The van der Waals surface area contributed by atoms with Gasteiger partial charge in [-0.25, -0.2) is 4.39 Å². The van der Waals surface area contributed by atoms with Crippen molar-refractivity contribution >= 4 is 21.9 Å². The van der Waals surface area contributed by atoms with Gasteiger partial charge < -0.3 is 15.3 Å². The SMILES string of the molecule is CC(C(=O)O)c1c(O)c(O)cc(Br)c1F. The van der Waals surface area contributed by atoms with E-state index in [2.05, 4.69) is 15.9 Å². The maximum Gasteiger partial charge on any atom is 0.310 e. The summed E-state index contributed by atoms with van der Waals surface area (Å²) < 4.78 is 13.4. The molecule has 0 aliphatic heterocycles. The van der Waals surface area contributed by atoms with E-state index >= 15 is 0 Å². The number of aromatic hydroxyl groups is 2. The van der Waals surface area contributed by atoms with E-state index in [4.69, 9.17) is 5.11 Å². The summed E-state index contributed by atoms with van der Waals surface area (Å²) in [6.07, 6.45) is 0. The first-order chi connectivity index (χ1) is 6.86. The van der Waals surface area contributed by atoms with Crippen LogP contribution in [0.1, 0.15) is 18.4 Å². The second-order valence-electron chi connectivity index (χ2n) is 3.01. The van der Waals surface area contributed by atoms with Crippen molar-refractivity contribution < 1.29 is 24.5 Å². The van der Waals surface area contributed by atoms with Crippen LogP contribution in [0.2, 0.25) is 0 Å². The van der Waals surface area contributed by atoms with Gasteiger partial charge in [-0.2, -0.15) is 0 Å². The van der Waals surface area contributed by atoms with Crippen LogP contribution >= 0.6 is 15.9 Å². The first kappa shape index (κ1) is 11.8. The molecule has 0 radical (unpaired) electrons. The van der Waals surface area contributed by atoms with Crippen LogP contribution in [0.15, 0.2) is 10.5 Å². The van der Waals surface area contributed by atoms with E-state index in [1.54, 1.807) is 0 Å². The van der Waals surface area contributed by atoms with Gasteiger partial charge in [0.2, 0.25) is 0 Å². The molecule has 4 nitrogen and oxygen atoms in total. The first-order valence-electron chi connectivity index (χ1n) is 3.98. The second kappa shape index (κ2) is 4.06. The number of hydrogen-bond donors (Lipinski definition) is 3. The van der Waals surface area contributed by atoms with E-state index in [0.717, 1.165) is 6.07 Å². The fourth-order valence-electron chi connectivity index (χ4n) is 1.14. The van der Waals surface area contributed by atoms with Crippen molar-refractivity contribution in [2.75, 3.05) is 0 Å². The summed E-state index contributed by atoms with van der Waals surface area (Å²) in [5, 5.41) is 27.2. The molecule has 1 aromatic carbocycles. The number of carboxylic acid groups (broad SMARTS) is 1.